The standard InChI is InChI=1S/C19H24BrN3O3/c1-4-25-14-7-9-18(26-5-2)16(11-14)23-19(21)22-12-13-6-8-17(24-3)15(20)10-13/h6-11H,4-5,12H2,1-3H3,(H3,21,22,23). The van der Waals surface area contributed by atoms with E-state index < -0.39 is 0 Å². The van der Waals surface area contributed by atoms with Gasteiger partial charge in [-0.05, 0) is 59.6 Å². The Balaban J connectivity index is 2.12. The highest BCUT2D eigenvalue weighted by Gasteiger charge is 2.07. The van der Waals surface area contributed by atoms with Crippen molar-refractivity contribution in [3.63, 3.8) is 0 Å². The molecule has 0 aliphatic heterocycles. The minimum Gasteiger partial charge on any atom is -0.496 e. The predicted molar refractivity (Wildman–Crippen MR) is 108 cm³/mol. The van der Waals surface area contributed by atoms with E-state index in [-0.39, 0.29) is 0 Å². The molecule has 3 N–H and O–H groups in total. The molecule has 0 saturated heterocycles. The van der Waals surface area contributed by atoms with Crippen molar-refractivity contribution in [3.05, 3.63) is 46.4 Å². The molecule has 0 fully saturated rings. The number of methoxy groups -OCH3 is 1. The number of anilines is 1. The van der Waals surface area contributed by atoms with Gasteiger partial charge in [0.2, 0.25) is 0 Å². The van der Waals surface area contributed by atoms with Crippen LogP contribution in [0.4, 0.5) is 5.69 Å². The van der Waals surface area contributed by atoms with Crippen LogP contribution in [0.2, 0.25) is 0 Å². The van der Waals surface area contributed by atoms with Gasteiger partial charge >= 0.3 is 0 Å². The molecule has 0 atom stereocenters. The summed E-state index contributed by atoms with van der Waals surface area (Å²) < 4.78 is 17.3. The topological polar surface area (TPSA) is 78.1 Å². The molecular weight excluding hydrogens is 398 g/mol. The van der Waals surface area contributed by atoms with Crippen LogP contribution in [0.3, 0.4) is 0 Å². The normalized spacial score (nSPS) is 11.2. The van der Waals surface area contributed by atoms with Crippen molar-refractivity contribution >= 4 is 27.6 Å². The van der Waals surface area contributed by atoms with Crippen LogP contribution >= 0.6 is 15.9 Å². The molecule has 6 nitrogen and oxygen atoms in total. The Labute approximate surface area is 162 Å². The maximum atomic E-state index is 6.04. The van der Waals surface area contributed by atoms with Gasteiger partial charge < -0.3 is 25.3 Å². The van der Waals surface area contributed by atoms with E-state index in [1.54, 1.807) is 7.11 Å². The predicted octanol–water partition coefficient (Wildman–Crippen LogP) is 4.18. The number of ether oxygens (including phenoxy) is 3. The highest BCUT2D eigenvalue weighted by molar-refractivity contribution is 9.10. The molecule has 0 radical (unpaired) electrons. The molecule has 26 heavy (non-hydrogen) atoms. The van der Waals surface area contributed by atoms with E-state index in [1.807, 2.05) is 50.2 Å². The van der Waals surface area contributed by atoms with Gasteiger partial charge in [0.05, 0.1) is 37.0 Å². The van der Waals surface area contributed by atoms with E-state index in [0.717, 1.165) is 27.2 Å². The summed E-state index contributed by atoms with van der Waals surface area (Å²) in [5.41, 5.74) is 7.77. The molecule has 7 heteroatoms. The number of hydrogen-bond donors (Lipinski definition) is 2. The smallest absolute Gasteiger partial charge is 0.193 e. The first-order valence-corrected chi connectivity index (χ1v) is 9.15. The number of guanidine groups is 1. The fraction of sp³-hybridized carbons (Fsp3) is 0.316. The average Bonchev–Trinajstić information content (AvgIpc) is 2.62. The maximum absolute atomic E-state index is 6.04. The van der Waals surface area contributed by atoms with Crippen LogP contribution in [-0.4, -0.2) is 26.3 Å². The fourth-order valence-corrected chi connectivity index (χ4v) is 2.89. The lowest BCUT2D eigenvalue weighted by molar-refractivity contribution is 0.332. The molecule has 2 rings (SSSR count). The Hall–Kier alpha value is -2.41. The molecular formula is C19H24BrN3O3. The molecule has 2 aromatic carbocycles. The third-order valence-electron chi connectivity index (χ3n) is 3.47. The Morgan fingerprint density at radius 2 is 1.81 bits per heavy atom. The zero-order valence-electron chi connectivity index (χ0n) is 15.2. The second-order valence-electron chi connectivity index (χ2n) is 5.32. The van der Waals surface area contributed by atoms with E-state index in [0.29, 0.717) is 31.5 Å². The molecule has 0 heterocycles. The molecule has 0 aliphatic carbocycles. The van der Waals surface area contributed by atoms with E-state index in [4.69, 9.17) is 19.9 Å². The van der Waals surface area contributed by atoms with Crippen LogP contribution < -0.4 is 25.3 Å². The van der Waals surface area contributed by atoms with Crippen LogP contribution in [0, 0.1) is 0 Å². The minimum absolute atomic E-state index is 0.298. The summed E-state index contributed by atoms with van der Waals surface area (Å²) in [7, 11) is 1.63. The number of aliphatic imine (C=N–C) groups is 1. The van der Waals surface area contributed by atoms with E-state index in [1.165, 1.54) is 0 Å². The largest absolute Gasteiger partial charge is 0.496 e. The second-order valence-corrected chi connectivity index (χ2v) is 6.17. The number of nitrogens with zero attached hydrogens (tertiary/aromatic N) is 1. The Kier molecular flexibility index (Phi) is 7.59. The SMILES string of the molecule is CCOc1ccc(OCC)c(NC(N)=NCc2ccc(OC)c(Br)c2)c1. The Morgan fingerprint density at radius 3 is 2.46 bits per heavy atom. The molecule has 0 unspecified atom stereocenters. The van der Waals surface area contributed by atoms with Crippen molar-refractivity contribution < 1.29 is 14.2 Å². The number of benzene rings is 2. The summed E-state index contributed by atoms with van der Waals surface area (Å²) in [6.07, 6.45) is 0. The van der Waals surface area contributed by atoms with Crippen LogP contribution in [0.5, 0.6) is 17.2 Å². The molecule has 0 aliphatic rings. The monoisotopic (exact) mass is 421 g/mol. The first kappa shape index (κ1) is 19.9. The highest BCUT2D eigenvalue weighted by atomic mass is 79.9. The molecule has 0 bridgehead atoms. The lowest BCUT2D eigenvalue weighted by Crippen LogP contribution is -2.23. The summed E-state index contributed by atoms with van der Waals surface area (Å²) in [5, 5.41) is 3.09. The van der Waals surface area contributed by atoms with Gasteiger partial charge in [-0.2, -0.15) is 0 Å². The van der Waals surface area contributed by atoms with Crippen LogP contribution in [0.1, 0.15) is 19.4 Å². The first-order valence-electron chi connectivity index (χ1n) is 8.36. The van der Waals surface area contributed by atoms with Crippen molar-refractivity contribution in [2.45, 2.75) is 20.4 Å². The third kappa shape index (κ3) is 5.56. The van der Waals surface area contributed by atoms with Crippen molar-refractivity contribution in [3.8, 4) is 17.2 Å². The van der Waals surface area contributed by atoms with Crippen LogP contribution in [0.15, 0.2) is 45.9 Å². The fourth-order valence-electron chi connectivity index (χ4n) is 2.31. The molecule has 140 valence electrons. The van der Waals surface area contributed by atoms with Gasteiger partial charge in [-0.1, -0.05) is 6.07 Å². The Bertz CT molecular complexity index is 766. The van der Waals surface area contributed by atoms with Gasteiger partial charge in [0.25, 0.3) is 0 Å². The summed E-state index contributed by atoms with van der Waals surface area (Å²) >= 11 is 3.47. The molecule has 0 aromatic heterocycles. The number of halogens is 1. The van der Waals surface area contributed by atoms with Crippen molar-refractivity contribution in [2.24, 2.45) is 10.7 Å². The summed E-state index contributed by atoms with van der Waals surface area (Å²) in [5.74, 6) is 2.51. The third-order valence-corrected chi connectivity index (χ3v) is 4.09. The number of nitrogens with one attached hydrogen (secondary N) is 1. The van der Waals surface area contributed by atoms with Crippen molar-refractivity contribution in [2.75, 3.05) is 25.6 Å². The lowest BCUT2D eigenvalue weighted by atomic mass is 10.2. The number of rotatable bonds is 8. The molecule has 2 aromatic rings. The Morgan fingerprint density at radius 1 is 1.08 bits per heavy atom. The summed E-state index contributed by atoms with van der Waals surface area (Å²) in [4.78, 5) is 4.39. The second kappa shape index (κ2) is 9.91. The van der Waals surface area contributed by atoms with Crippen LogP contribution in [0.25, 0.3) is 0 Å². The zero-order valence-corrected chi connectivity index (χ0v) is 16.8. The van der Waals surface area contributed by atoms with E-state index in [9.17, 15) is 0 Å². The quantitative estimate of drug-likeness (QED) is 0.493. The van der Waals surface area contributed by atoms with Gasteiger partial charge in [-0.3, -0.25) is 0 Å². The minimum atomic E-state index is 0.298. The number of hydrogen-bond acceptors (Lipinski definition) is 4. The number of nitrogens with two attached hydrogens (primary N) is 1. The molecule has 0 spiro atoms. The van der Waals surface area contributed by atoms with E-state index in [2.05, 4.69) is 26.2 Å². The maximum Gasteiger partial charge on any atom is 0.193 e. The lowest BCUT2D eigenvalue weighted by Gasteiger charge is -2.14. The van der Waals surface area contributed by atoms with Gasteiger partial charge in [-0.25, -0.2) is 4.99 Å². The van der Waals surface area contributed by atoms with Gasteiger partial charge in [0.15, 0.2) is 5.96 Å². The molecule has 0 amide bonds. The van der Waals surface area contributed by atoms with Gasteiger partial charge in [0.1, 0.15) is 17.2 Å². The highest BCUT2D eigenvalue weighted by Crippen LogP contribution is 2.29. The van der Waals surface area contributed by atoms with Crippen molar-refractivity contribution in [1.82, 2.24) is 0 Å². The average molecular weight is 422 g/mol. The van der Waals surface area contributed by atoms with Gasteiger partial charge in [-0.15, -0.1) is 0 Å². The summed E-state index contributed by atoms with van der Waals surface area (Å²) in [6.45, 7) is 5.45. The van der Waals surface area contributed by atoms with E-state index >= 15 is 0 Å². The van der Waals surface area contributed by atoms with Gasteiger partial charge in [0, 0.05) is 6.07 Å². The molecule has 0 saturated carbocycles. The first-order chi connectivity index (χ1) is 12.6. The van der Waals surface area contributed by atoms with Crippen LogP contribution in [-0.2, 0) is 6.54 Å². The zero-order chi connectivity index (χ0) is 18.9. The summed E-state index contributed by atoms with van der Waals surface area (Å²) in [6, 6.07) is 11.4. The van der Waals surface area contributed by atoms with Crippen molar-refractivity contribution in [1.29, 1.82) is 0 Å².